The zero-order chi connectivity index (χ0) is 20.0. The molecular formula is C26H39F3. The molecule has 3 rings (SSSR count). The van der Waals surface area contributed by atoms with Crippen molar-refractivity contribution in [3.8, 4) is 0 Å². The highest BCUT2D eigenvalue weighted by Crippen LogP contribution is 2.36. The van der Waals surface area contributed by atoms with Crippen molar-refractivity contribution in [1.82, 2.24) is 0 Å². The quantitative estimate of drug-likeness (QED) is 0.475. The van der Waals surface area contributed by atoms with Crippen LogP contribution in [0.25, 0.3) is 0 Å². The molecule has 0 aromatic heterocycles. The maximum Gasteiger partial charge on any atom is 0.416 e. The summed E-state index contributed by atoms with van der Waals surface area (Å²) >= 11 is 0. The van der Waals surface area contributed by atoms with E-state index in [0.29, 0.717) is 12.3 Å². The Labute approximate surface area is 176 Å². The summed E-state index contributed by atoms with van der Waals surface area (Å²) in [7, 11) is 0. The number of hydrogen-bond acceptors (Lipinski definition) is 0. The van der Waals surface area contributed by atoms with E-state index in [9.17, 15) is 13.2 Å². The third kappa shape index (κ3) is 8.24. The fraction of sp³-hybridized carbons (Fsp3) is 0.538. The first-order valence-electron chi connectivity index (χ1n) is 9.92. The van der Waals surface area contributed by atoms with Crippen molar-refractivity contribution in [2.75, 3.05) is 0 Å². The molecule has 1 atom stereocenters. The van der Waals surface area contributed by atoms with Gasteiger partial charge in [0.2, 0.25) is 0 Å². The molecule has 0 fully saturated rings. The average Bonchev–Trinajstić information content (AvgIpc) is 2.60. The number of aryl methyl sites for hydroxylation is 1. The lowest BCUT2D eigenvalue weighted by molar-refractivity contribution is -0.137. The minimum Gasteiger partial charge on any atom is -0.166 e. The van der Waals surface area contributed by atoms with Gasteiger partial charge in [-0.2, -0.15) is 13.2 Å². The van der Waals surface area contributed by atoms with Gasteiger partial charge in [-0.25, -0.2) is 0 Å². The van der Waals surface area contributed by atoms with Crippen LogP contribution in [0.3, 0.4) is 0 Å². The third-order valence-electron chi connectivity index (χ3n) is 5.12. The SMILES string of the molecule is C.C.CC(C)C1CCCc2ccccc21.CC(C)Cc1cccc(C(F)(F)F)c1. The first-order chi connectivity index (χ1) is 12.7. The maximum absolute atomic E-state index is 12.3. The van der Waals surface area contributed by atoms with E-state index >= 15 is 0 Å². The molecule has 0 nitrogen and oxygen atoms in total. The maximum atomic E-state index is 12.3. The van der Waals surface area contributed by atoms with Crippen LogP contribution in [0.5, 0.6) is 0 Å². The molecule has 0 saturated heterocycles. The summed E-state index contributed by atoms with van der Waals surface area (Å²) in [5.41, 5.74) is 3.39. The van der Waals surface area contributed by atoms with Gasteiger partial charge in [-0.05, 0) is 66.2 Å². The standard InChI is InChI=1S/C13H18.C11H13F3.2CH4/c1-10(2)12-9-5-7-11-6-3-4-8-13(11)12;1-8(2)6-9-4-3-5-10(7-9)11(12,13)14;;/h3-4,6,8,10,12H,5,7,9H2,1-2H3;3-5,7-8H,6H2,1-2H3;2*1H4. The Bertz CT molecular complexity index is 714. The summed E-state index contributed by atoms with van der Waals surface area (Å²) in [6, 6.07) is 14.5. The van der Waals surface area contributed by atoms with Gasteiger partial charge in [0.25, 0.3) is 0 Å². The Morgan fingerprint density at radius 2 is 1.59 bits per heavy atom. The first kappa shape index (κ1) is 27.2. The summed E-state index contributed by atoms with van der Waals surface area (Å²) in [6.07, 6.45) is 0.505. The van der Waals surface area contributed by atoms with E-state index < -0.39 is 11.7 Å². The molecule has 1 unspecified atom stereocenters. The largest absolute Gasteiger partial charge is 0.416 e. The number of rotatable bonds is 3. The van der Waals surface area contributed by atoms with E-state index in [-0.39, 0.29) is 14.9 Å². The number of fused-ring (bicyclic) bond motifs is 1. The Morgan fingerprint density at radius 3 is 2.17 bits per heavy atom. The number of alkyl halides is 3. The van der Waals surface area contributed by atoms with Crippen LogP contribution in [-0.4, -0.2) is 0 Å². The molecule has 164 valence electrons. The highest BCUT2D eigenvalue weighted by molar-refractivity contribution is 5.32. The summed E-state index contributed by atoms with van der Waals surface area (Å²) < 4.78 is 36.9. The molecule has 0 N–H and O–H groups in total. The summed E-state index contributed by atoms with van der Waals surface area (Å²) in [5, 5.41) is 0. The fourth-order valence-corrected chi connectivity index (χ4v) is 3.83. The van der Waals surface area contributed by atoms with Crippen LogP contribution >= 0.6 is 0 Å². The van der Waals surface area contributed by atoms with Gasteiger partial charge in [-0.15, -0.1) is 0 Å². The van der Waals surface area contributed by atoms with Crippen molar-refractivity contribution in [2.24, 2.45) is 11.8 Å². The van der Waals surface area contributed by atoms with Gasteiger partial charge < -0.3 is 0 Å². The van der Waals surface area contributed by atoms with Crippen LogP contribution in [-0.2, 0) is 19.0 Å². The van der Waals surface area contributed by atoms with E-state index in [1.54, 1.807) is 17.2 Å². The molecule has 1 aliphatic carbocycles. The predicted molar refractivity (Wildman–Crippen MR) is 120 cm³/mol. The molecule has 2 aromatic rings. The minimum atomic E-state index is -4.23. The number of benzene rings is 2. The van der Waals surface area contributed by atoms with Crippen LogP contribution in [0.15, 0.2) is 48.5 Å². The summed E-state index contributed by atoms with van der Waals surface area (Å²) in [5.74, 6) is 1.98. The van der Waals surface area contributed by atoms with E-state index in [1.807, 2.05) is 13.8 Å². The molecule has 1 aliphatic rings. The Morgan fingerprint density at radius 1 is 0.931 bits per heavy atom. The van der Waals surface area contributed by atoms with E-state index in [0.717, 1.165) is 23.5 Å². The fourth-order valence-electron chi connectivity index (χ4n) is 3.83. The molecule has 0 spiro atoms. The highest BCUT2D eigenvalue weighted by atomic mass is 19.4. The second kappa shape index (κ2) is 12.0. The zero-order valence-electron chi connectivity index (χ0n) is 16.8. The molecule has 0 saturated carbocycles. The zero-order valence-corrected chi connectivity index (χ0v) is 16.8. The molecule has 29 heavy (non-hydrogen) atoms. The van der Waals surface area contributed by atoms with Gasteiger partial charge in [0.05, 0.1) is 5.56 Å². The average molecular weight is 409 g/mol. The van der Waals surface area contributed by atoms with E-state index in [1.165, 1.54) is 31.4 Å². The number of halogens is 3. The van der Waals surface area contributed by atoms with Crippen molar-refractivity contribution >= 4 is 0 Å². The summed E-state index contributed by atoms with van der Waals surface area (Å²) in [4.78, 5) is 0. The lowest BCUT2D eigenvalue weighted by Crippen LogP contribution is -2.14. The van der Waals surface area contributed by atoms with Crippen molar-refractivity contribution < 1.29 is 13.2 Å². The van der Waals surface area contributed by atoms with Crippen molar-refractivity contribution in [1.29, 1.82) is 0 Å². The monoisotopic (exact) mass is 408 g/mol. The van der Waals surface area contributed by atoms with Gasteiger partial charge in [-0.1, -0.05) is 85.0 Å². The van der Waals surface area contributed by atoms with Crippen molar-refractivity contribution in [3.63, 3.8) is 0 Å². The van der Waals surface area contributed by atoms with E-state index in [2.05, 4.69) is 38.1 Å². The topological polar surface area (TPSA) is 0 Å². The Hall–Kier alpha value is -1.77. The summed E-state index contributed by atoms with van der Waals surface area (Å²) in [6.45, 7) is 8.65. The molecule has 0 aliphatic heterocycles. The van der Waals surface area contributed by atoms with Gasteiger partial charge in [0.1, 0.15) is 0 Å². The van der Waals surface area contributed by atoms with Crippen LogP contribution < -0.4 is 0 Å². The molecule has 0 radical (unpaired) electrons. The molecule has 0 bridgehead atoms. The Balaban J connectivity index is 0.000000506. The van der Waals surface area contributed by atoms with Crippen LogP contribution in [0.1, 0.15) is 83.6 Å². The van der Waals surface area contributed by atoms with E-state index in [4.69, 9.17) is 0 Å². The van der Waals surface area contributed by atoms with Crippen molar-refractivity contribution in [3.05, 3.63) is 70.8 Å². The number of hydrogen-bond donors (Lipinski definition) is 0. The molecule has 2 aromatic carbocycles. The first-order valence-corrected chi connectivity index (χ1v) is 9.92. The van der Waals surface area contributed by atoms with Crippen LogP contribution in [0.2, 0.25) is 0 Å². The van der Waals surface area contributed by atoms with Gasteiger partial charge >= 0.3 is 6.18 Å². The lowest BCUT2D eigenvalue weighted by atomic mass is 9.77. The lowest BCUT2D eigenvalue weighted by Gasteiger charge is -2.28. The third-order valence-corrected chi connectivity index (χ3v) is 5.12. The molecule has 0 heterocycles. The minimum absolute atomic E-state index is 0. The van der Waals surface area contributed by atoms with Gasteiger partial charge in [0.15, 0.2) is 0 Å². The predicted octanol–water partition coefficient (Wildman–Crippen LogP) is 8.94. The Kier molecular flexibility index (Phi) is 11.3. The molecule has 0 amide bonds. The second-order valence-electron chi connectivity index (χ2n) is 8.24. The van der Waals surface area contributed by atoms with Gasteiger partial charge in [-0.3, -0.25) is 0 Å². The normalized spacial score (nSPS) is 15.6. The van der Waals surface area contributed by atoms with Crippen LogP contribution in [0.4, 0.5) is 13.2 Å². The molecular weight excluding hydrogens is 369 g/mol. The van der Waals surface area contributed by atoms with Crippen LogP contribution in [0, 0.1) is 11.8 Å². The smallest absolute Gasteiger partial charge is 0.166 e. The van der Waals surface area contributed by atoms with Gasteiger partial charge in [0, 0.05) is 0 Å². The highest BCUT2D eigenvalue weighted by Gasteiger charge is 2.30. The van der Waals surface area contributed by atoms with Crippen molar-refractivity contribution in [2.45, 2.75) is 80.3 Å². The molecule has 3 heteroatoms. The second-order valence-corrected chi connectivity index (χ2v) is 8.24.